The molecule has 5 heteroatoms. The molecule has 0 saturated heterocycles. The maximum absolute atomic E-state index is 12.2. The van der Waals surface area contributed by atoms with Gasteiger partial charge in [0, 0.05) is 32.4 Å². The van der Waals surface area contributed by atoms with Crippen LogP contribution in [0.15, 0.2) is 48.7 Å². The third-order valence-electron chi connectivity index (χ3n) is 3.61. The molecule has 1 heterocycles. The van der Waals surface area contributed by atoms with Crippen molar-refractivity contribution >= 4 is 11.8 Å². The van der Waals surface area contributed by atoms with Crippen LogP contribution in [0.2, 0.25) is 0 Å². The monoisotopic (exact) mass is 299 g/mol. The van der Waals surface area contributed by atoms with Crippen LogP contribution in [-0.2, 0) is 23.1 Å². The second-order valence-corrected chi connectivity index (χ2v) is 5.14. The van der Waals surface area contributed by atoms with Gasteiger partial charge in [-0.1, -0.05) is 30.3 Å². The van der Waals surface area contributed by atoms with Crippen molar-refractivity contribution in [3.63, 3.8) is 0 Å². The molecule has 0 aliphatic heterocycles. The van der Waals surface area contributed by atoms with Crippen molar-refractivity contribution in [3.8, 4) is 0 Å². The molecule has 0 saturated carbocycles. The maximum atomic E-state index is 12.2. The number of aromatic nitrogens is 1. The van der Waals surface area contributed by atoms with Crippen molar-refractivity contribution in [1.82, 2.24) is 15.2 Å². The molecule has 2 amide bonds. The Kier molecular flexibility index (Phi) is 5.36. The molecule has 2 rings (SSSR count). The van der Waals surface area contributed by atoms with Gasteiger partial charge < -0.3 is 15.2 Å². The molecule has 2 N–H and O–H groups in total. The van der Waals surface area contributed by atoms with Gasteiger partial charge in [-0.3, -0.25) is 9.59 Å². The van der Waals surface area contributed by atoms with Gasteiger partial charge in [0.25, 0.3) is 0 Å². The fraction of sp³-hybridized carbons (Fsp3) is 0.294. The van der Waals surface area contributed by atoms with Gasteiger partial charge in [0.1, 0.15) is 6.04 Å². The second-order valence-electron chi connectivity index (χ2n) is 5.14. The number of hydrogen-bond acceptors (Lipinski definition) is 2. The summed E-state index contributed by atoms with van der Waals surface area (Å²) in [6.07, 6.45) is 2.94. The first-order valence-electron chi connectivity index (χ1n) is 7.28. The molecule has 1 aromatic heterocycles. The molecule has 2 aromatic rings. The SMILES string of the molecule is CNC(=O)[C@@H](NC(=O)CCc1cccn1C)c1ccccc1. The Morgan fingerprint density at radius 1 is 1.14 bits per heavy atom. The molecule has 0 aliphatic carbocycles. The van der Waals surface area contributed by atoms with Crippen LogP contribution in [0.1, 0.15) is 23.7 Å². The number of amides is 2. The smallest absolute Gasteiger partial charge is 0.246 e. The summed E-state index contributed by atoms with van der Waals surface area (Å²) in [6, 6.07) is 12.5. The Morgan fingerprint density at radius 2 is 1.86 bits per heavy atom. The number of rotatable bonds is 6. The Morgan fingerprint density at radius 3 is 2.45 bits per heavy atom. The number of benzene rings is 1. The number of nitrogens with zero attached hydrogens (tertiary/aromatic N) is 1. The summed E-state index contributed by atoms with van der Waals surface area (Å²) < 4.78 is 1.99. The van der Waals surface area contributed by atoms with Gasteiger partial charge in [-0.05, 0) is 24.1 Å². The van der Waals surface area contributed by atoms with E-state index >= 15 is 0 Å². The second kappa shape index (κ2) is 7.45. The minimum absolute atomic E-state index is 0.140. The molecule has 1 aromatic carbocycles. The van der Waals surface area contributed by atoms with Crippen LogP contribution >= 0.6 is 0 Å². The number of aryl methyl sites for hydroxylation is 2. The van der Waals surface area contributed by atoms with E-state index in [0.29, 0.717) is 12.8 Å². The van der Waals surface area contributed by atoms with Crippen LogP contribution in [-0.4, -0.2) is 23.4 Å². The minimum atomic E-state index is -0.660. The zero-order valence-corrected chi connectivity index (χ0v) is 12.9. The zero-order chi connectivity index (χ0) is 15.9. The van der Waals surface area contributed by atoms with Crippen molar-refractivity contribution in [2.75, 3.05) is 7.05 Å². The highest BCUT2D eigenvalue weighted by Crippen LogP contribution is 2.13. The highest BCUT2D eigenvalue weighted by molar-refractivity contribution is 5.88. The Bertz CT molecular complexity index is 634. The van der Waals surface area contributed by atoms with E-state index in [2.05, 4.69) is 10.6 Å². The van der Waals surface area contributed by atoms with E-state index in [-0.39, 0.29) is 11.8 Å². The van der Waals surface area contributed by atoms with E-state index in [0.717, 1.165) is 11.3 Å². The van der Waals surface area contributed by atoms with E-state index in [1.54, 1.807) is 7.05 Å². The van der Waals surface area contributed by atoms with Gasteiger partial charge in [0.05, 0.1) is 0 Å². The highest BCUT2D eigenvalue weighted by Gasteiger charge is 2.21. The van der Waals surface area contributed by atoms with E-state index < -0.39 is 6.04 Å². The fourth-order valence-corrected chi connectivity index (χ4v) is 2.32. The van der Waals surface area contributed by atoms with Crippen molar-refractivity contribution in [3.05, 3.63) is 59.9 Å². The number of carbonyl (C=O) groups excluding carboxylic acids is 2. The summed E-state index contributed by atoms with van der Waals surface area (Å²) in [5.74, 6) is -0.364. The lowest BCUT2D eigenvalue weighted by Gasteiger charge is -2.17. The van der Waals surface area contributed by atoms with Gasteiger partial charge in [-0.15, -0.1) is 0 Å². The third kappa shape index (κ3) is 3.97. The quantitative estimate of drug-likeness (QED) is 0.850. The number of hydrogen-bond donors (Lipinski definition) is 2. The van der Waals surface area contributed by atoms with Crippen molar-refractivity contribution in [1.29, 1.82) is 0 Å². The normalized spacial score (nSPS) is 11.7. The number of nitrogens with one attached hydrogen (secondary N) is 2. The van der Waals surface area contributed by atoms with Crippen LogP contribution in [0, 0.1) is 0 Å². The summed E-state index contributed by atoms with van der Waals surface area (Å²) in [6.45, 7) is 0. The standard InChI is InChI=1S/C17H21N3O2/c1-18-17(22)16(13-7-4-3-5-8-13)19-15(21)11-10-14-9-6-12-20(14)2/h3-9,12,16H,10-11H2,1-2H3,(H,18,22)(H,19,21)/t16-/m0/s1. The van der Waals surface area contributed by atoms with Crippen LogP contribution in [0.3, 0.4) is 0 Å². The maximum Gasteiger partial charge on any atom is 0.246 e. The van der Waals surface area contributed by atoms with Crippen LogP contribution in [0.25, 0.3) is 0 Å². The first kappa shape index (κ1) is 15.8. The molecule has 0 radical (unpaired) electrons. The highest BCUT2D eigenvalue weighted by atomic mass is 16.2. The molecule has 116 valence electrons. The van der Waals surface area contributed by atoms with Crippen LogP contribution in [0.5, 0.6) is 0 Å². The lowest BCUT2D eigenvalue weighted by molar-refractivity contribution is -0.128. The fourth-order valence-electron chi connectivity index (χ4n) is 2.32. The molecule has 1 atom stereocenters. The lowest BCUT2D eigenvalue weighted by atomic mass is 10.1. The first-order valence-corrected chi connectivity index (χ1v) is 7.28. The van der Waals surface area contributed by atoms with E-state index in [4.69, 9.17) is 0 Å². The van der Waals surface area contributed by atoms with E-state index in [9.17, 15) is 9.59 Å². The predicted molar refractivity (Wildman–Crippen MR) is 85.1 cm³/mol. The number of likely N-dealkylation sites (N-methyl/N-ethyl adjacent to an activating group) is 1. The van der Waals surface area contributed by atoms with Gasteiger partial charge in [-0.25, -0.2) is 0 Å². The Hall–Kier alpha value is -2.56. The molecule has 0 bridgehead atoms. The minimum Gasteiger partial charge on any atom is -0.357 e. The Labute approximate surface area is 130 Å². The average Bonchev–Trinajstić information content (AvgIpc) is 2.96. The lowest BCUT2D eigenvalue weighted by Crippen LogP contribution is -2.39. The van der Waals surface area contributed by atoms with Crippen LogP contribution < -0.4 is 10.6 Å². The van der Waals surface area contributed by atoms with Gasteiger partial charge in [-0.2, -0.15) is 0 Å². The molecule has 0 spiro atoms. The Balaban J connectivity index is 1.99. The van der Waals surface area contributed by atoms with Gasteiger partial charge in [0.2, 0.25) is 11.8 Å². The van der Waals surface area contributed by atoms with Gasteiger partial charge >= 0.3 is 0 Å². The summed E-state index contributed by atoms with van der Waals surface area (Å²) in [5, 5.41) is 5.40. The first-order chi connectivity index (χ1) is 10.6. The number of carbonyl (C=O) groups is 2. The molecule has 0 unspecified atom stereocenters. The van der Waals surface area contributed by atoms with Crippen molar-refractivity contribution in [2.24, 2.45) is 7.05 Å². The predicted octanol–water partition coefficient (Wildman–Crippen LogP) is 1.56. The summed E-state index contributed by atoms with van der Waals surface area (Å²) >= 11 is 0. The summed E-state index contributed by atoms with van der Waals surface area (Å²) in [7, 11) is 3.51. The summed E-state index contributed by atoms with van der Waals surface area (Å²) in [5.41, 5.74) is 1.86. The third-order valence-corrected chi connectivity index (χ3v) is 3.61. The van der Waals surface area contributed by atoms with Gasteiger partial charge in [0.15, 0.2) is 0 Å². The molecule has 22 heavy (non-hydrogen) atoms. The zero-order valence-electron chi connectivity index (χ0n) is 12.9. The molecule has 0 aliphatic rings. The van der Waals surface area contributed by atoms with Crippen LogP contribution in [0.4, 0.5) is 0 Å². The van der Waals surface area contributed by atoms with E-state index in [1.807, 2.05) is 60.3 Å². The topological polar surface area (TPSA) is 63.1 Å². The average molecular weight is 299 g/mol. The molecule has 0 fully saturated rings. The molecule has 5 nitrogen and oxygen atoms in total. The molecular formula is C17H21N3O2. The summed E-state index contributed by atoms with van der Waals surface area (Å²) in [4.78, 5) is 24.2. The largest absolute Gasteiger partial charge is 0.357 e. The van der Waals surface area contributed by atoms with Crippen molar-refractivity contribution in [2.45, 2.75) is 18.9 Å². The van der Waals surface area contributed by atoms with Crippen molar-refractivity contribution < 1.29 is 9.59 Å². The van der Waals surface area contributed by atoms with E-state index in [1.165, 1.54) is 0 Å². The molecular weight excluding hydrogens is 278 g/mol.